The van der Waals surface area contributed by atoms with Crippen LogP contribution in [0.4, 0.5) is 0 Å². The molecule has 23 heavy (non-hydrogen) atoms. The minimum Gasteiger partial charge on any atom is -0.495 e. The Labute approximate surface area is 131 Å². The van der Waals surface area contributed by atoms with Gasteiger partial charge in [-0.25, -0.2) is 9.97 Å². The van der Waals surface area contributed by atoms with Crippen LogP contribution < -0.4 is 4.74 Å². The Balaban J connectivity index is 2.06. The Morgan fingerprint density at radius 3 is 2.61 bits per heavy atom. The Kier molecular flexibility index (Phi) is 2.78. The molecule has 5 nitrogen and oxygen atoms in total. The number of pyridine rings is 2. The van der Waals surface area contributed by atoms with E-state index in [4.69, 9.17) is 4.74 Å². The van der Waals surface area contributed by atoms with Crippen LogP contribution in [0.3, 0.4) is 0 Å². The Hall–Kier alpha value is -3.08. The van der Waals surface area contributed by atoms with Gasteiger partial charge in [-0.2, -0.15) is 0 Å². The second kappa shape index (κ2) is 4.71. The number of hydrogen-bond acceptors (Lipinski definition) is 5. The molecule has 1 aliphatic carbocycles. The average molecular weight is 304 g/mol. The van der Waals surface area contributed by atoms with E-state index in [-0.39, 0.29) is 28.5 Å². The number of benzene rings is 1. The first kappa shape index (κ1) is 13.6. The monoisotopic (exact) mass is 304 g/mol. The molecular weight excluding hydrogens is 292 g/mol. The number of aryl methyl sites for hydroxylation is 1. The predicted molar refractivity (Wildman–Crippen MR) is 84.1 cm³/mol. The zero-order chi connectivity index (χ0) is 16.1. The Morgan fingerprint density at radius 2 is 1.83 bits per heavy atom. The van der Waals surface area contributed by atoms with Crippen LogP contribution >= 0.6 is 0 Å². The SMILES string of the molecule is COc1cnc2c(c1)C(=O)c1c(nc3ccccc3c1C)C2=O. The van der Waals surface area contributed by atoms with Crippen molar-refractivity contribution in [3.05, 3.63) is 64.6 Å². The van der Waals surface area contributed by atoms with E-state index in [9.17, 15) is 9.59 Å². The standard InChI is InChI=1S/C18H12N2O3/c1-9-11-5-3-4-6-13(11)20-16-14(9)17(21)12-7-10(23-2)8-19-15(12)18(16)22/h3-8H,1-2H3. The molecule has 4 rings (SSSR count). The van der Waals surface area contributed by atoms with Crippen LogP contribution in [0.1, 0.15) is 37.7 Å². The van der Waals surface area contributed by atoms with Gasteiger partial charge in [0.1, 0.15) is 17.1 Å². The van der Waals surface area contributed by atoms with Gasteiger partial charge in [0.15, 0.2) is 5.78 Å². The topological polar surface area (TPSA) is 69.2 Å². The van der Waals surface area contributed by atoms with Crippen molar-refractivity contribution in [3.8, 4) is 5.75 Å². The van der Waals surface area contributed by atoms with Gasteiger partial charge in [0.05, 0.1) is 30.0 Å². The largest absolute Gasteiger partial charge is 0.495 e. The number of carbonyl (C=O) groups excluding carboxylic acids is 2. The molecule has 0 saturated heterocycles. The van der Waals surface area contributed by atoms with Crippen molar-refractivity contribution < 1.29 is 14.3 Å². The molecule has 0 spiro atoms. The number of ketones is 2. The third-order valence-corrected chi connectivity index (χ3v) is 4.15. The van der Waals surface area contributed by atoms with Crippen LogP contribution in [0.25, 0.3) is 10.9 Å². The summed E-state index contributed by atoms with van der Waals surface area (Å²) >= 11 is 0. The summed E-state index contributed by atoms with van der Waals surface area (Å²) in [5, 5.41) is 0.867. The van der Waals surface area contributed by atoms with Gasteiger partial charge in [-0.1, -0.05) is 18.2 Å². The van der Waals surface area contributed by atoms with Gasteiger partial charge in [0.2, 0.25) is 5.78 Å². The van der Waals surface area contributed by atoms with E-state index in [1.54, 1.807) is 6.07 Å². The molecule has 0 bridgehead atoms. The van der Waals surface area contributed by atoms with E-state index in [0.717, 1.165) is 10.9 Å². The molecule has 1 aromatic carbocycles. The van der Waals surface area contributed by atoms with Crippen molar-refractivity contribution >= 4 is 22.5 Å². The van der Waals surface area contributed by atoms with Gasteiger partial charge >= 0.3 is 0 Å². The number of aromatic nitrogens is 2. The lowest BCUT2D eigenvalue weighted by molar-refractivity contribution is 0.0971. The number of ether oxygens (including phenoxy) is 1. The van der Waals surface area contributed by atoms with Gasteiger partial charge in [0.25, 0.3) is 0 Å². The number of hydrogen-bond donors (Lipinski definition) is 0. The Bertz CT molecular complexity index is 1010. The highest BCUT2D eigenvalue weighted by Crippen LogP contribution is 2.32. The second-order valence-corrected chi connectivity index (χ2v) is 5.41. The highest BCUT2D eigenvalue weighted by atomic mass is 16.5. The molecule has 2 heterocycles. The minimum absolute atomic E-state index is 0.130. The van der Waals surface area contributed by atoms with Crippen LogP contribution in [0, 0.1) is 6.92 Å². The van der Waals surface area contributed by atoms with E-state index in [1.807, 2.05) is 31.2 Å². The number of para-hydroxylation sites is 1. The van der Waals surface area contributed by atoms with E-state index < -0.39 is 0 Å². The summed E-state index contributed by atoms with van der Waals surface area (Å²) in [6.07, 6.45) is 1.43. The summed E-state index contributed by atoms with van der Waals surface area (Å²) < 4.78 is 5.11. The normalized spacial score (nSPS) is 13.0. The fraction of sp³-hybridized carbons (Fsp3) is 0.111. The third kappa shape index (κ3) is 1.80. The zero-order valence-corrected chi connectivity index (χ0v) is 12.6. The maximum absolute atomic E-state index is 12.9. The molecule has 0 atom stereocenters. The fourth-order valence-electron chi connectivity index (χ4n) is 2.98. The van der Waals surface area contributed by atoms with Crippen molar-refractivity contribution in [3.63, 3.8) is 0 Å². The predicted octanol–water partition coefficient (Wildman–Crippen LogP) is 2.72. The summed E-state index contributed by atoms with van der Waals surface area (Å²) in [5.74, 6) is -0.123. The van der Waals surface area contributed by atoms with E-state index in [2.05, 4.69) is 9.97 Å². The van der Waals surface area contributed by atoms with Crippen molar-refractivity contribution in [2.75, 3.05) is 7.11 Å². The summed E-state index contributed by atoms with van der Waals surface area (Å²) in [4.78, 5) is 34.1. The number of methoxy groups -OCH3 is 1. The van der Waals surface area contributed by atoms with E-state index in [0.29, 0.717) is 16.8 Å². The molecule has 112 valence electrons. The maximum atomic E-state index is 12.9. The van der Waals surface area contributed by atoms with E-state index >= 15 is 0 Å². The van der Waals surface area contributed by atoms with Crippen molar-refractivity contribution in [2.24, 2.45) is 0 Å². The number of carbonyl (C=O) groups is 2. The molecule has 2 aromatic heterocycles. The van der Waals surface area contributed by atoms with Crippen molar-refractivity contribution in [1.29, 1.82) is 0 Å². The minimum atomic E-state index is -0.328. The zero-order valence-electron chi connectivity index (χ0n) is 12.6. The second-order valence-electron chi connectivity index (χ2n) is 5.41. The quantitative estimate of drug-likeness (QED) is 0.541. The molecule has 0 amide bonds. The molecule has 0 saturated carbocycles. The lowest BCUT2D eigenvalue weighted by Gasteiger charge is -2.19. The van der Waals surface area contributed by atoms with Crippen LogP contribution in [0.15, 0.2) is 36.5 Å². The average Bonchev–Trinajstić information content (AvgIpc) is 2.59. The molecule has 5 heteroatoms. The summed E-state index contributed by atoms with van der Waals surface area (Å²) in [5.41, 5.74) is 2.39. The molecule has 0 fully saturated rings. The molecule has 0 aliphatic heterocycles. The highest BCUT2D eigenvalue weighted by molar-refractivity contribution is 6.28. The molecule has 1 aliphatic rings. The first-order valence-corrected chi connectivity index (χ1v) is 7.14. The lowest BCUT2D eigenvalue weighted by Crippen LogP contribution is -2.25. The van der Waals surface area contributed by atoms with E-state index in [1.165, 1.54) is 13.3 Å². The molecular formula is C18H12N2O3. The lowest BCUT2D eigenvalue weighted by atomic mass is 9.86. The summed E-state index contributed by atoms with van der Waals surface area (Å²) in [6.45, 7) is 1.84. The first-order valence-electron chi connectivity index (χ1n) is 7.14. The van der Waals surface area contributed by atoms with Crippen LogP contribution in [0.2, 0.25) is 0 Å². The molecule has 3 aromatic rings. The van der Waals surface area contributed by atoms with Gasteiger partial charge < -0.3 is 4.74 Å². The van der Waals surface area contributed by atoms with Crippen LogP contribution in [-0.2, 0) is 0 Å². The molecule has 0 N–H and O–H groups in total. The van der Waals surface area contributed by atoms with Gasteiger partial charge in [0, 0.05) is 5.39 Å². The van der Waals surface area contributed by atoms with Crippen LogP contribution in [-0.4, -0.2) is 28.6 Å². The van der Waals surface area contributed by atoms with Gasteiger partial charge in [-0.3, -0.25) is 9.59 Å². The highest BCUT2D eigenvalue weighted by Gasteiger charge is 2.34. The van der Waals surface area contributed by atoms with Crippen molar-refractivity contribution in [1.82, 2.24) is 9.97 Å². The summed E-state index contributed by atoms with van der Waals surface area (Å²) in [7, 11) is 1.49. The third-order valence-electron chi connectivity index (χ3n) is 4.15. The summed E-state index contributed by atoms with van der Waals surface area (Å²) in [6, 6.07) is 9.02. The Morgan fingerprint density at radius 1 is 1.04 bits per heavy atom. The van der Waals surface area contributed by atoms with Crippen molar-refractivity contribution in [2.45, 2.75) is 6.92 Å². The number of nitrogens with zero attached hydrogens (tertiary/aromatic N) is 2. The maximum Gasteiger partial charge on any atom is 0.231 e. The van der Waals surface area contributed by atoms with Gasteiger partial charge in [-0.05, 0) is 24.6 Å². The molecule has 0 unspecified atom stereocenters. The first-order chi connectivity index (χ1) is 11.1. The number of rotatable bonds is 1. The number of fused-ring (bicyclic) bond motifs is 3. The smallest absolute Gasteiger partial charge is 0.231 e. The fourth-order valence-corrected chi connectivity index (χ4v) is 2.98. The van der Waals surface area contributed by atoms with Crippen LogP contribution in [0.5, 0.6) is 5.75 Å². The molecule has 0 radical (unpaired) electrons. The van der Waals surface area contributed by atoms with Gasteiger partial charge in [-0.15, -0.1) is 0 Å².